The molecule has 8 heteroatoms. The van der Waals surface area contributed by atoms with Crippen molar-refractivity contribution in [3.05, 3.63) is 28.2 Å². The molecule has 112 valence electrons. The number of nitrogens with zero attached hydrogens (tertiary/aromatic N) is 1. The summed E-state index contributed by atoms with van der Waals surface area (Å²) in [7, 11) is 0. The summed E-state index contributed by atoms with van der Waals surface area (Å²) < 4.78 is 67.5. The predicted octanol–water partition coefficient (Wildman–Crippen LogP) is 4.19. The van der Waals surface area contributed by atoms with Crippen molar-refractivity contribution in [1.29, 1.82) is 0 Å². The molecule has 1 aliphatic heterocycles. The molecule has 0 atom stereocenters. The van der Waals surface area contributed by atoms with E-state index in [1.165, 1.54) is 23.1 Å². The average Bonchev–Trinajstić information content (AvgIpc) is 2.60. The molecule has 0 unspecified atom stereocenters. The highest BCUT2D eigenvalue weighted by molar-refractivity contribution is 9.10. The minimum Gasteiger partial charge on any atom is -0.405 e. The first-order valence-electron chi connectivity index (χ1n) is 5.79. The number of hydrogen-bond donors (Lipinski definition) is 0. The molecule has 2 rings (SSSR count). The maximum Gasteiger partial charge on any atom is 0.573 e. The van der Waals surface area contributed by atoms with Gasteiger partial charge in [-0.3, -0.25) is 4.90 Å². The van der Waals surface area contributed by atoms with Gasteiger partial charge < -0.3 is 4.74 Å². The van der Waals surface area contributed by atoms with Gasteiger partial charge in [0.1, 0.15) is 5.75 Å². The highest BCUT2D eigenvalue weighted by Crippen LogP contribution is 2.33. The van der Waals surface area contributed by atoms with E-state index in [2.05, 4.69) is 20.7 Å². The van der Waals surface area contributed by atoms with Crippen LogP contribution in [0.1, 0.15) is 12.0 Å². The standard InChI is InChI=1S/C12H11BrF5NO/c13-9-1-2-10(20-12(16,17)18)8(5-9)6-19-4-3-11(14,15)7-19/h1-2,5H,3-4,6-7H2. The van der Waals surface area contributed by atoms with Crippen LogP contribution < -0.4 is 4.74 Å². The first-order valence-corrected chi connectivity index (χ1v) is 6.58. The Morgan fingerprint density at radius 3 is 2.55 bits per heavy atom. The van der Waals surface area contributed by atoms with Crippen LogP contribution in [0, 0.1) is 0 Å². The van der Waals surface area contributed by atoms with Crippen molar-refractivity contribution in [2.45, 2.75) is 25.3 Å². The Balaban J connectivity index is 2.16. The number of alkyl halides is 5. The maximum absolute atomic E-state index is 13.1. The zero-order valence-corrected chi connectivity index (χ0v) is 11.8. The molecule has 2 nitrogen and oxygen atoms in total. The number of likely N-dealkylation sites (tertiary alicyclic amines) is 1. The fourth-order valence-corrected chi connectivity index (χ4v) is 2.49. The fraction of sp³-hybridized carbons (Fsp3) is 0.500. The van der Waals surface area contributed by atoms with Crippen LogP contribution in [0.3, 0.4) is 0 Å². The smallest absolute Gasteiger partial charge is 0.405 e. The topological polar surface area (TPSA) is 12.5 Å². The number of rotatable bonds is 3. The lowest BCUT2D eigenvalue weighted by molar-refractivity contribution is -0.275. The lowest BCUT2D eigenvalue weighted by Crippen LogP contribution is -2.26. The molecule has 0 radical (unpaired) electrons. The normalized spacial score (nSPS) is 19.3. The number of halogens is 6. The zero-order chi connectivity index (χ0) is 15.0. The van der Waals surface area contributed by atoms with Crippen molar-refractivity contribution >= 4 is 15.9 Å². The van der Waals surface area contributed by atoms with E-state index < -0.39 is 18.8 Å². The average molecular weight is 360 g/mol. The van der Waals surface area contributed by atoms with Crippen LogP contribution in [0.25, 0.3) is 0 Å². The Hall–Kier alpha value is -0.890. The summed E-state index contributed by atoms with van der Waals surface area (Å²) in [4.78, 5) is 1.41. The van der Waals surface area contributed by atoms with Gasteiger partial charge in [-0.05, 0) is 18.2 Å². The number of hydrogen-bond acceptors (Lipinski definition) is 2. The van der Waals surface area contributed by atoms with Gasteiger partial charge in [0, 0.05) is 29.5 Å². The van der Waals surface area contributed by atoms with Gasteiger partial charge in [0.15, 0.2) is 0 Å². The summed E-state index contributed by atoms with van der Waals surface area (Å²) in [6.45, 7) is -0.323. The lowest BCUT2D eigenvalue weighted by atomic mass is 10.2. The molecule has 0 aromatic heterocycles. The highest BCUT2D eigenvalue weighted by Gasteiger charge is 2.38. The Morgan fingerprint density at radius 2 is 2.00 bits per heavy atom. The first kappa shape index (κ1) is 15.5. The third-order valence-electron chi connectivity index (χ3n) is 2.89. The second-order valence-corrected chi connectivity index (χ2v) is 5.53. The fourth-order valence-electron chi connectivity index (χ4n) is 2.08. The van der Waals surface area contributed by atoms with Crippen molar-refractivity contribution in [3.8, 4) is 5.75 Å². The van der Waals surface area contributed by atoms with E-state index in [1.54, 1.807) is 0 Å². The molecule has 0 amide bonds. The molecule has 1 aromatic rings. The molecule has 0 aliphatic carbocycles. The molecule has 20 heavy (non-hydrogen) atoms. The lowest BCUT2D eigenvalue weighted by Gasteiger charge is -2.19. The van der Waals surface area contributed by atoms with Gasteiger partial charge in [0.25, 0.3) is 5.92 Å². The van der Waals surface area contributed by atoms with E-state index in [9.17, 15) is 22.0 Å². The van der Waals surface area contributed by atoms with Crippen molar-refractivity contribution in [1.82, 2.24) is 4.90 Å². The van der Waals surface area contributed by atoms with Crippen LogP contribution in [0.15, 0.2) is 22.7 Å². The summed E-state index contributed by atoms with van der Waals surface area (Å²) in [5.41, 5.74) is 0.217. The Morgan fingerprint density at radius 1 is 1.30 bits per heavy atom. The Kier molecular flexibility index (Phi) is 4.24. The third kappa shape index (κ3) is 4.31. The summed E-state index contributed by atoms with van der Waals surface area (Å²) in [5.74, 6) is -3.15. The van der Waals surface area contributed by atoms with Crippen LogP contribution in [0.5, 0.6) is 5.75 Å². The van der Waals surface area contributed by atoms with E-state index in [0.29, 0.717) is 4.47 Å². The Labute approximate surface area is 120 Å². The molecule has 0 saturated carbocycles. The van der Waals surface area contributed by atoms with Crippen molar-refractivity contribution in [2.24, 2.45) is 0 Å². The van der Waals surface area contributed by atoms with Crippen LogP contribution in [0.2, 0.25) is 0 Å². The quantitative estimate of drug-likeness (QED) is 0.750. The Bertz CT molecular complexity index is 491. The summed E-state index contributed by atoms with van der Waals surface area (Å²) >= 11 is 3.14. The second kappa shape index (κ2) is 5.48. The van der Waals surface area contributed by atoms with E-state index in [1.807, 2.05) is 0 Å². The van der Waals surface area contributed by atoms with Crippen LogP contribution in [-0.4, -0.2) is 30.3 Å². The minimum absolute atomic E-state index is 0.0134. The minimum atomic E-state index is -4.81. The SMILES string of the molecule is FC1(F)CCN(Cc2cc(Br)ccc2OC(F)(F)F)C1. The third-order valence-corrected chi connectivity index (χ3v) is 3.38. The molecule has 1 heterocycles. The molecule has 1 saturated heterocycles. The van der Waals surface area contributed by atoms with Gasteiger partial charge in [0.05, 0.1) is 6.54 Å². The summed E-state index contributed by atoms with van der Waals surface area (Å²) in [6, 6.07) is 4.02. The van der Waals surface area contributed by atoms with Crippen molar-refractivity contribution in [3.63, 3.8) is 0 Å². The van der Waals surface area contributed by atoms with E-state index in [4.69, 9.17) is 0 Å². The predicted molar refractivity (Wildman–Crippen MR) is 65.7 cm³/mol. The van der Waals surface area contributed by atoms with Crippen molar-refractivity contribution in [2.75, 3.05) is 13.1 Å². The zero-order valence-electron chi connectivity index (χ0n) is 10.2. The van der Waals surface area contributed by atoms with Crippen LogP contribution >= 0.6 is 15.9 Å². The van der Waals surface area contributed by atoms with Gasteiger partial charge >= 0.3 is 6.36 Å². The second-order valence-electron chi connectivity index (χ2n) is 4.62. The van der Waals surface area contributed by atoms with Gasteiger partial charge in [-0.25, -0.2) is 8.78 Å². The number of benzene rings is 1. The van der Waals surface area contributed by atoms with E-state index in [-0.39, 0.29) is 30.8 Å². The van der Waals surface area contributed by atoms with E-state index >= 15 is 0 Å². The summed E-state index contributed by atoms with van der Waals surface area (Å²) in [6.07, 6.45) is -5.09. The molecular weight excluding hydrogens is 349 g/mol. The molecule has 1 fully saturated rings. The van der Waals surface area contributed by atoms with Crippen LogP contribution in [-0.2, 0) is 6.54 Å². The molecule has 0 bridgehead atoms. The van der Waals surface area contributed by atoms with Gasteiger partial charge in [-0.15, -0.1) is 13.2 Å². The first-order chi connectivity index (χ1) is 9.15. The highest BCUT2D eigenvalue weighted by atomic mass is 79.9. The molecule has 1 aliphatic rings. The molecule has 1 aromatic carbocycles. The van der Waals surface area contributed by atoms with E-state index in [0.717, 1.165) is 0 Å². The maximum atomic E-state index is 13.1. The monoisotopic (exact) mass is 359 g/mol. The van der Waals surface area contributed by atoms with Gasteiger partial charge in [-0.1, -0.05) is 15.9 Å². The van der Waals surface area contributed by atoms with Gasteiger partial charge in [-0.2, -0.15) is 0 Å². The largest absolute Gasteiger partial charge is 0.573 e. The summed E-state index contributed by atoms with van der Waals surface area (Å²) in [5, 5.41) is 0. The van der Waals surface area contributed by atoms with Crippen LogP contribution in [0.4, 0.5) is 22.0 Å². The number of ether oxygens (including phenoxy) is 1. The molecule has 0 spiro atoms. The molecular formula is C12H11BrF5NO. The van der Waals surface area contributed by atoms with Gasteiger partial charge in [0.2, 0.25) is 0 Å². The van der Waals surface area contributed by atoms with Crippen molar-refractivity contribution < 1.29 is 26.7 Å². The molecule has 0 N–H and O–H groups in total.